The summed E-state index contributed by atoms with van der Waals surface area (Å²) in [5.74, 6) is 0. The molecule has 0 saturated carbocycles. The zero-order chi connectivity index (χ0) is 8.91. The van der Waals surface area contributed by atoms with E-state index in [-0.39, 0.29) is 5.41 Å². The van der Waals surface area contributed by atoms with Crippen molar-refractivity contribution >= 4 is 18.2 Å². The highest BCUT2D eigenvalue weighted by atomic mass is 32.2. The molecule has 0 unspecified atom stereocenters. The Balaban J connectivity index is 4.34. The summed E-state index contributed by atoms with van der Waals surface area (Å²) in [6.45, 7) is 6.18. The fraction of sp³-hybridized carbons (Fsp3) is 0.625. The molecule has 0 aliphatic carbocycles. The van der Waals surface area contributed by atoms with Gasteiger partial charge in [0.2, 0.25) is 6.41 Å². The van der Waals surface area contributed by atoms with Crippen LogP contribution in [0.2, 0.25) is 0 Å². The Morgan fingerprint density at radius 2 is 2.00 bits per heavy atom. The molecule has 0 aromatic carbocycles. The van der Waals surface area contributed by atoms with Gasteiger partial charge in [-0.2, -0.15) is 0 Å². The van der Waals surface area contributed by atoms with E-state index in [0.29, 0.717) is 6.41 Å². The summed E-state index contributed by atoms with van der Waals surface area (Å²) in [6.07, 6.45) is 2.69. The van der Waals surface area contributed by atoms with Gasteiger partial charge in [0.25, 0.3) is 0 Å². The van der Waals surface area contributed by atoms with Crippen LogP contribution < -0.4 is 5.32 Å². The number of carbonyl (C=O) groups excluding carboxylic acids is 1. The number of nitrogens with one attached hydrogen (secondary N) is 1. The Hall–Kier alpha value is -0.440. The number of allylic oxidation sites excluding steroid dienone is 1. The molecular weight excluding hydrogens is 158 g/mol. The van der Waals surface area contributed by atoms with E-state index in [1.165, 1.54) is 0 Å². The number of hydrogen-bond donors (Lipinski definition) is 1. The summed E-state index contributed by atoms with van der Waals surface area (Å²) in [5.41, 5.74) is 0.976. The van der Waals surface area contributed by atoms with E-state index in [0.717, 1.165) is 5.70 Å². The van der Waals surface area contributed by atoms with Crippen molar-refractivity contribution in [3.05, 3.63) is 11.1 Å². The Labute approximate surface area is 72.4 Å². The summed E-state index contributed by atoms with van der Waals surface area (Å²) in [5, 5.41) is 4.64. The van der Waals surface area contributed by atoms with E-state index in [4.69, 9.17) is 0 Å². The molecule has 0 heterocycles. The van der Waals surface area contributed by atoms with Crippen LogP contribution in [-0.4, -0.2) is 12.7 Å². The van der Waals surface area contributed by atoms with Crippen molar-refractivity contribution < 1.29 is 4.79 Å². The lowest BCUT2D eigenvalue weighted by atomic mass is 9.93. The molecule has 1 amide bonds. The molecule has 0 fully saturated rings. The van der Waals surface area contributed by atoms with Crippen LogP contribution in [0.5, 0.6) is 0 Å². The zero-order valence-corrected chi connectivity index (χ0v) is 8.29. The first kappa shape index (κ1) is 10.6. The molecule has 0 bridgehead atoms. The smallest absolute Gasteiger partial charge is 0.211 e. The van der Waals surface area contributed by atoms with Crippen LogP contribution in [0.25, 0.3) is 0 Å². The van der Waals surface area contributed by atoms with Crippen LogP contribution in [0.4, 0.5) is 0 Å². The summed E-state index contributed by atoms with van der Waals surface area (Å²) in [4.78, 5) is 10.2. The van der Waals surface area contributed by atoms with Crippen molar-refractivity contribution in [2.45, 2.75) is 20.8 Å². The Kier molecular flexibility index (Phi) is 4.26. The van der Waals surface area contributed by atoms with Gasteiger partial charge in [0.05, 0.1) is 0 Å². The van der Waals surface area contributed by atoms with Gasteiger partial charge in [-0.1, -0.05) is 20.8 Å². The second-order valence-electron chi connectivity index (χ2n) is 3.28. The lowest BCUT2D eigenvalue weighted by Gasteiger charge is -2.21. The third-order valence-electron chi connectivity index (χ3n) is 1.26. The number of rotatable bonds is 3. The van der Waals surface area contributed by atoms with E-state index >= 15 is 0 Å². The highest BCUT2D eigenvalue weighted by molar-refractivity contribution is 8.01. The van der Waals surface area contributed by atoms with E-state index < -0.39 is 0 Å². The standard InChI is InChI=1S/C8H15NOS/c1-8(2,3)7(5-11-4)9-6-10/h5-6H,1-4H3,(H,9,10)/b7-5-. The maximum atomic E-state index is 10.2. The quantitative estimate of drug-likeness (QED) is 0.661. The van der Waals surface area contributed by atoms with Gasteiger partial charge in [-0.3, -0.25) is 4.79 Å². The first-order chi connectivity index (χ1) is 5.02. The minimum atomic E-state index is 0.0178. The van der Waals surface area contributed by atoms with Gasteiger partial charge in [-0.05, 0) is 11.7 Å². The molecule has 0 aromatic rings. The Morgan fingerprint density at radius 1 is 1.45 bits per heavy atom. The minimum Gasteiger partial charge on any atom is -0.331 e. The van der Waals surface area contributed by atoms with Crippen LogP contribution in [-0.2, 0) is 4.79 Å². The average molecular weight is 173 g/mol. The summed E-state index contributed by atoms with van der Waals surface area (Å²) in [6, 6.07) is 0. The van der Waals surface area contributed by atoms with Crippen molar-refractivity contribution in [1.82, 2.24) is 5.32 Å². The summed E-state index contributed by atoms with van der Waals surface area (Å²) < 4.78 is 0. The SMILES string of the molecule is CS/C=C(\NC=O)C(C)(C)C. The molecule has 0 atom stereocenters. The number of carbonyl (C=O) groups is 1. The highest BCUT2D eigenvalue weighted by Crippen LogP contribution is 2.23. The van der Waals surface area contributed by atoms with E-state index in [1.807, 2.05) is 11.7 Å². The lowest BCUT2D eigenvalue weighted by Crippen LogP contribution is -2.22. The van der Waals surface area contributed by atoms with Crippen LogP contribution in [0.3, 0.4) is 0 Å². The molecule has 0 aromatic heterocycles. The molecule has 3 heteroatoms. The molecule has 1 N–H and O–H groups in total. The number of thioether (sulfide) groups is 1. The van der Waals surface area contributed by atoms with Crippen molar-refractivity contribution in [3.8, 4) is 0 Å². The second-order valence-corrected chi connectivity index (χ2v) is 3.99. The third-order valence-corrected chi connectivity index (χ3v) is 1.73. The van der Waals surface area contributed by atoms with E-state index in [9.17, 15) is 4.79 Å². The third kappa shape index (κ3) is 4.09. The normalized spacial score (nSPS) is 12.9. The van der Waals surface area contributed by atoms with Gasteiger partial charge in [-0.15, -0.1) is 11.8 Å². The highest BCUT2D eigenvalue weighted by Gasteiger charge is 2.15. The molecule has 11 heavy (non-hydrogen) atoms. The average Bonchev–Trinajstić information content (AvgIpc) is 1.85. The fourth-order valence-electron chi connectivity index (χ4n) is 0.609. The molecule has 0 rings (SSSR count). The van der Waals surface area contributed by atoms with Gasteiger partial charge < -0.3 is 5.32 Å². The molecule has 0 spiro atoms. The van der Waals surface area contributed by atoms with Gasteiger partial charge in [0.1, 0.15) is 0 Å². The minimum absolute atomic E-state index is 0.0178. The van der Waals surface area contributed by atoms with E-state index in [2.05, 4.69) is 26.1 Å². The molecule has 0 aliphatic rings. The van der Waals surface area contributed by atoms with Crippen molar-refractivity contribution in [2.24, 2.45) is 5.41 Å². The lowest BCUT2D eigenvalue weighted by molar-refractivity contribution is -0.109. The van der Waals surface area contributed by atoms with Crippen molar-refractivity contribution in [1.29, 1.82) is 0 Å². The largest absolute Gasteiger partial charge is 0.331 e. The fourth-order valence-corrected chi connectivity index (χ4v) is 1.27. The topological polar surface area (TPSA) is 29.1 Å². The molecule has 0 radical (unpaired) electrons. The molecule has 0 aliphatic heterocycles. The number of amides is 1. The maximum absolute atomic E-state index is 10.2. The van der Waals surface area contributed by atoms with Crippen LogP contribution in [0, 0.1) is 5.41 Å². The van der Waals surface area contributed by atoms with Crippen molar-refractivity contribution in [2.75, 3.05) is 6.26 Å². The predicted octanol–water partition coefficient (Wildman–Crippen LogP) is 1.98. The second kappa shape index (κ2) is 4.44. The molecule has 64 valence electrons. The van der Waals surface area contributed by atoms with Crippen LogP contribution in [0.15, 0.2) is 11.1 Å². The molecular formula is C8H15NOS. The summed E-state index contributed by atoms with van der Waals surface area (Å²) >= 11 is 1.59. The van der Waals surface area contributed by atoms with Crippen molar-refractivity contribution in [3.63, 3.8) is 0 Å². The van der Waals surface area contributed by atoms with E-state index in [1.54, 1.807) is 11.8 Å². The maximum Gasteiger partial charge on any atom is 0.211 e. The Bertz CT molecular complexity index is 158. The summed E-state index contributed by atoms with van der Waals surface area (Å²) in [7, 11) is 0. The molecule has 2 nitrogen and oxygen atoms in total. The Morgan fingerprint density at radius 3 is 2.27 bits per heavy atom. The first-order valence-electron chi connectivity index (χ1n) is 3.46. The van der Waals surface area contributed by atoms with Crippen LogP contribution in [0.1, 0.15) is 20.8 Å². The number of hydrogen-bond acceptors (Lipinski definition) is 2. The van der Waals surface area contributed by atoms with Crippen LogP contribution >= 0.6 is 11.8 Å². The van der Waals surface area contributed by atoms with Gasteiger partial charge in [0.15, 0.2) is 0 Å². The van der Waals surface area contributed by atoms with Gasteiger partial charge >= 0.3 is 0 Å². The predicted molar refractivity (Wildman–Crippen MR) is 50.3 cm³/mol. The zero-order valence-electron chi connectivity index (χ0n) is 7.47. The van der Waals surface area contributed by atoms with Gasteiger partial charge in [0, 0.05) is 11.1 Å². The van der Waals surface area contributed by atoms with Gasteiger partial charge in [-0.25, -0.2) is 0 Å². The molecule has 0 saturated heterocycles. The monoisotopic (exact) mass is 173 g/mol. The first-order valence-corrected chi connectivity index (χ1v) is 4.74.